The Labute approximate surface area is 193 Å². The molecule has 1 N–H and O–H groups in total. The molecule has 3 aliphatic heterocycles. The predicted molar refractivity (Wildman–Crippen MR) is 120 cm³/mol. The van der Waals surface area contributed by atoms with Crippen molar-refractivity contribution < 1.29 is 28.8 Å². The lowest BCUT2D eigenvalue weighted by atomic mass is 9.78. The highest BCUT2D eigenvalue weighted by Gasteiger charge is 2.58. The zero-order valence-corrected chi connectivity index (χ0v) is 20.0. The number of rotatable bonds is 7. The average Bonchev–Trinajstić information content (AvgIpc) is 3.37. The van der Waals surface area contributed by atoms with E-state index in [1.807, 2.05) is 6.92 Å². The van der Waals surface area contributed by atoms with Crippen LogP contribution < -0.4 is 0 Å². The molecular formula is C26H44O6. The second-order valence-electron chi connectivity index (χ2n) is 11.3. The number of ether oxygens (including phenoxy) is 5. The Bertz CT molecular complexity index is 585. The van der Waals surface area contributed by atoms with Gasteiger partial charge in [-0.3, -0.25) is 0 Å². The molecule has 2 aliphatic carbocycles. The van der Waals surface area contributed by atoms with Crippen molar-refractivity contribution in [3.05, 3.63) is 0 Å². The topological polar surface area (TPSA) is 66.4 Å². The smallest absolute Gasteiger partial charge is 0.190 e. The zero-order chi connectivity index (χ0) is 22.1. The van der Waals surface area contributed by atoms with Gasteiger partial charge in [-0.25, -0.2) is 0 Å². The maximum atomic E-state index is 9.61. The number of fused-ring (bicyclic) bond motifs is 3. The molecule has 0 aromatic rings. The van der Waals surface area contributed by atoms with Crippen LogP contribution in [0.15, 0.2) is 0 Å². The molecule has 7 atom stereocenters. The van der Waals surface area contributed by atoms with Gasteiger partial charge in [0.2, 0.25) is 0 Å². The molecule has 0 radical (unpaired) electrons. The molecule has 0 spiro atoms. The van der Waals surface area contributed by atoms with Gasteiger partial charge in [-0.15, -0.1) is 0 Å². The minimum Gasteiger partial charge on any atom is -0.394 e. The van der Waals surface area contributed by atoms with E-state index < -0.39 is 6.29 Å². The van der Waals surface area contributed by atoms with Crippen molar-refractivity contribution in [1.82, 2.24) is 0 Å². The van der Waals surface area contributed by atoms with Crippen molar-refractivity contribution in [2.45, 2.75) is 134 Å². The van der Waals surface area contributed by atoms with Crippen molar-refractivity contribution in [2.75, 3.05) is 6.61 Å². The number of hydrogen-bond acceptors (Lipinski definition) is 6. The molecule has 5 rings (SSSR count). The molecular weight excluding hydrogens is 408 g/mol. The summed E-state index contributed by atoms with van der Waals surface area (Å²) >= 11 is 0. The molecule has 0 amide bonds. The Morgan fingerprint density at radius 3 is 1.91 bits per heavy atom. The predicted octanol–water partition coefficient (Wildman–Crippen LogP) is 4.77. The molecule has 0 bridgehead atoms. The molecule has 5 aliphatic rings. The van der Waals surface area contributed by atoms with E-state index in [0.717, 1.165) is 17.8 Å². The molecule has 32 heavy (non-hydrogen) atoms. The highest BCUT2D eigenvalue weighted by Crippen LogP contribution is 2.44. The van der Waals surface area contributed by atoms with E-state index in [1.54, 1.807) is 0 Å². The van der Waals surface area contributed by atoms with Crippen LogP contribution in [0.2, 0.25) is 0 Å². The summed E-state index contributed by atoms with van der Waals surface area (Å²) in [5, 5.41) is 9.61. The first kappa shape index (κ1) is 23.5. The first-order valence-electron chi connectivity index (χ1n) is 13.5. The van der Waals surface area contributed by atoms with Crippen molar-refractivity contribution in [3.63, 3.8) is 0 Å². The number of hydrogen-bond donors (Lipinski definition) is 1. The molecule has 0 aromatic carbocycles. The maximum Gasteiger partial charge on any atom is 0.190 e. The minimum absolute atomic E-state index is 0.0817. The highest BCUT2D eigenvalue weighted by molar-refractivity contribution is 4.98. The van der Waals surface area contributed by atoms with Gasteiger partial charge in [0.25, 0.3) is 0 Å². The summed E-state index contributed by atoms with van der Waals surface area (Å²) in [5.74, 6) is 3.31. The second-order valence-corrected chi connectivity index (χ2v) is 11.3. The summed E-state index contributed by atoms with van der Waals surface area (Å²) in [4.78, 5) is 0. The number of unbranched alkanes of at least 4 members (excludes halogenated alkanes) is 1. The fraction of sp³-hybridized carbons (Fsp3) is 1.00. The van der Waals surface area contributed by atoms with E-state index in [-0.39, 0.29) is 43.6 Å². The van der Waals surface area contributed by atoms with Crippen molar-refractivity contribution in [1.29, 1.82) is 0 Å². The van der Waals surface area contributed by atoms with Gasteiger partial charge in [0.1, 0.15) is 24.4 Å². The van der Waals surface area contributed by atoms with Crippen LogP contribution in [0, 0.1) is 23.7 Å². The van der Waals surface area contributed by atoms with Gasteiger partial charge in [0.15, 0.2) is 18.9 Å². The summed E-state index contributed by atoms with van der Waals surface area (Å²) < 4.78 is 30.2. The lowest BCUT2D eigenvalue weighted by Gasteiger charge is -2.38. The quantitative estimate of drug-likeness (QED) is 0.562. The Balaban J connectivity index is 1.00. The van der Waals surface area contributed by atoms with Crippen molar-refractivity contribution >= 4 is 0 Å². The lowest BCUT2D eigenvalue weighted by Crippen LogP contribution is -2.52. The van der Waals surface area contributed by atoms with Gasteiger partial charge in [-0.05, 0) is 50.4 Å². The Kier molecular flexibility index (Phi) is 7.76. The Hall–Kier alpha value is -0.240. The van der Waals surface area contributed by atoms with Crippen molar-refractivity contribution in [2.24, 2.45) is 23.7 Å². The van der Waals surface area contributed by atoms with E-state index in [1.165, 1.54) is 77.0 Å². The molecule has 7 unspecified atom stereocenters. The van der Waals surface area contributed by atoms with Gasteiger partial charge < -0.3 is 28.8 Å². The van der Waals surface area contributed by atoms with Gasteiger partial charge in [0, 0.05) is 5.92 Å². The molecule has 6 nitrogen and oxygen atoms in total. The molecule has 2 saturated carbocycles. The van der Waals surface area contributed by atoms with Crippen LogP contribution in [0.1, 0.15) is 90.9 Å². The van der Waals surface area contributed by atoms with Crippen LogP contribution in [0.3, 0.4) is 0 Å². The van der Waals surface area contributed by atoms with Gasteiger partial charge in [0.05, 0.1) is 6.61 Å². The third-order valence-corrected chi connectivity index (χ3v) is 8.91. The number of aliphatic hydroxyl groups excluding tert-OH is 1. The Morgan fingerprint density at radius 1 is 0.625 bits per heavy atom. The lowest BCUT2D eigenvalue weighted by molar-refractivity contribution is -0.298. The molecule has 0 aromatic heterocycles. The molecule has 184 valence electrons. The van der Waals surface area contributed by atoms with E-state index in [9.17, 15) is 5.11 Å². The Morgan fingerprint density at radius 2 is 1.25 bits per heavy atom. The largest absolute Gasteiger partial charge is 0.394 e. The van der Waals surface area contributed by atoms with Crippen LogP contribution in [-0.4, -0.2) is 55.0 Å². The highest BCUT2D eigenvalue weighted by atomic mass is 16.8. The fourth-order valence-electron chi connectivity index (χ4n) is 6.85. The fourth-order valence-corrected chi connectivity index (χ4v) is 6.85. The summed E-state index contributed by atoms with van der Waals surface area (Å²) in [7, 11) is 0. The second kappa shape index (κ2) is 10.6. The van der Waals surface area contributed by atoms with Gasteiger partial charge in [-0.2, -0.15) is 0 Å². The monoisotopic (exact) mass is 452 g/mol. The summed E-state index contributed by atoms with van der Waals surface area (Å²) in [6.45, 7) is 4.19. The third kappa shape index (κ3) is 5.21. The first-order chi connectivity index (χ1) is 15.6. The van der Waals surface area contributed by atoms with Crippen LogP contribution in [0.5, 0.6) is 0 Å². The van der Waals surface area contributed by atoms with E-state index in [4.69, 9.17) is 23.7 Å². The summed E-state index contributed by atoms with van der Waals surface area (Å²) in [6.07, 6.45) is 14.4. The van der Waals surface area contributed by atoms with Crippen LogP contribution in [0.4, 0.5) is 0 Å². The summed E-state index contributed by atoms with van der Waals surface area (Å²) in [6, 6.07) is 0. The average molecular weight is 453 g/mol. The zero-order valence-electron chi connectivity index (χ0n) is 20.0. The summed E-state index contributed by atoms with van der Waals surface area (Å²) in [5.41, 5.74) is 0. The van der Waals surface area contributed by atoms with Gasteiger partial charge >= 0.3 is 0 Å². The minimum atomic E-state index is -0.404. The maximum absolute atomic E-state index is 9.61. The number of aliphatic hydroxyl groups is 1. The van der Waals surface area contributed by atoms with E-state index in [2.05, 4.69) is 6.92 Å². The molecule has 3 saturated heterocycles. The van der Waals surface area contributed by atoms with E-state index >= 15 is 0 Å². The molecule has 6 heteroatoms. The van der Waals surface area contributed by atoms with Crippen LogP contribution in [-0.2, 0) is 23.7 Å². The molecule has 3 heterocycles. The van der Waals surface area contributed by atoms with Crippen LogP contribution >= 0.6 is 0 Å². The third-order valence-electron chi connectivity index (χ3n) is 8.91. The molecule has 5 fully saturated rings. The van der Waals surface area contributed by atoms with E-state index in [0.29, 0.717) is 5.92 Å². The normalized spacial score (nSPS) is 49.0. The SMILES string of the molecule is CC1CCC(CCCCC2CCC(C3OC4OC5C(CO)OC(C)OC5C4O3)CC2)CC1. The first-order valence-corrected chi connectivity index (χ1v) is 13.5. The standard InChI is InChI=1S/C26H44O6/c1-16-7-9-18(10-8-16)5-3-4-6-19-11-13-20(14-12-19)25-31-24-23-22(30-26(24)32-25)21(15-27)28-17(2)29-23/h16-27H,3-15H2,1-2H3. The van der Waals surface area contributed by atoms with Gasteiger partial charge in [-0.1, -0.05) is 58.3 Å². The van der Waals surface area contributed by atoms with Crippen molar-refractivity contribution in [3.8, 4) is 0 Å². The van der Waals surface area contributed by atoms with Crippen LogP contribution in [0.25, 0.3) is 0 Å².